The molecule has 0 aromatic carbocycles. The molecule has 4 heterocycles. The molecule has 0 saturated carbocycles. The number of ether oxygens (including phenoxy) is 1. The van der Waals surface area contributed by atoms with Gasteiger partial charge in [0.1, 0.15) is 23.5 Å². The van der Waals surface area contributed by atoms with Crippen LogP contribution >= 0.6 is 0 Å². The van der Waals surface area contributed by atoms with Crippen LogP contribution in [0.1, 0.15) is 12.8 Å². The highest BCUT2D eigenvalue weighted by atomic mass is 16.5. The van der Waals surface area contributed by atoms with E-state index in [1.165, 1.54) is 12.7 Å². The predicted octanol–water partition coefficient (Wildman–Crippen LogP) is 1.75. The van der Waals surface area contributed by atoms with Crippen LogP contribution in [-0.4, -0.2) is 39.0 Å². The molecule has 7 heteroatoms. The molecule has 7 nitrogen and oxygen atoms in total. The Balaban J connectivity index is 1.50. The Labute approximate surface area is 139 Å². The molecule has 0 spiro atoms. The monoisotopic (exact) mass is 324 g/mol. The zero-order chi connectivity index (χ0) is 16.4. The van der Waals surface area contributed by atoms with Gasteiger partial charge in [-0.2, -0.15) is 0 Å². The van der Waals surface area contributed by atoms with Gasteiger partial charge < -0.3 is 15.8 Å². The molecule has 1 fully saturated rings. The fourth-order valence-electron chi connectivity index (χ4n) is 3.06. The van der Waals surface area contributed by atoms with Crippen molar-refractivity contribution in [1.82, 2.24) is 24.7 Å². The topological polar surface area (TPSA) is 90.4 Å². The van der Waals surface area contributed by atoms with Gasteiger partial charge in [-0.1, -0.05) is 0 Å². The molecule has 0 aliphatic carbocycles. The SMILES string of the molecule is Nc1cc(-c2cnc3cc(OCCC4CCNC4)ccn23)ncn1. The predicted molar refractivity (Wildman–Crippen MR) is 91.7 cm³/mol. The largest absolute Gasteiger partial charge is 0.493 e. The number of anilines is 1. The van der Waals surface area contributed by atoms with Crippen LogP contribution in [-0.2, 0) is 0 Å². The number of nitrogens with zero attached hydrogens (tertiary/aromatic N) is 4. The smallest absolute Gasteiger partial charge is 0.140 e. The Morgan fingerprint density at radius 2 is 2.25 bits per heavy atom. The third-order valence-corrected chi connectivity index (χ3v) is 4.39. The van der Waals surface area contributed by atoms with Gasteiger partial charge in [0.05, 0.1) is 24.2 Å². The van der Waals surface area contributed by atoms with E-state index in [4.69, 9.17) is 10.5 Å². The van der Waals surface area contributed by atoms with Crippen LogP contribution < -0.4 is 15.8 Å². The molecule has 0 radical (unpaired) electrons. The number of hydrogen-bond acceptors (Lipinski definition) is 6. The number of rotatable bonds is 5. The number of hydrogen-bond donors (Lipinski definition) is 2. The molecule has 124 valence electrons. The van der Waals surface area contributed by atoms with Gasteiger partial charge in [0.2, 0.25) is 0 Å². The summed E-state index contributed by atoms with van der Waals surface area (Å²) in [5.74, 6) is 2.01. The third kappa shape index (κ3) is 3.03. The van der Waals surface area contributed by atoms with E-state index in [2.05, 4.69) is 20.3 Å². The molecule has 0 bridgehead atoms. The van der Waals surface area contributed by atoms with E-state index in [1.54, 1.807) is 12.3 Å². The van der Waals surface area contributed by atoms with Gasteiger partial charge in [-0.25, -0.2) is 15.0 Å². The Hall–Kier alpha value is -2.67. The van der Waals surface area contributed by atoms with Crippen LogP contribution in [0.3, 0.4) is 0 Å². The van der Waals surface area contributed by atoms with Gasteiger partial charge >= 0.3 is 0 Å². The zero-order valence-corrected chi connectivity index (χ0v) is 13.4. The molecule has 1 unspecified atom stereocenters. The summed E-state index contributed by atoms with van der Waals surface area (Å²) >= 11 is 0. The number of aromatic nitrogens is 4. The van der Waals surface area contributed by atoms with Crippen LogP contribution in [0.5, 0.6) is 5.75 Å². The van der Waals surface area contributed by atoms with Crippen LogP contribution in [0.2, 0.25) is 0 Å². The molecule has 24 heavy (non-hydrogen) atoms. The summed E-state index contributed by atoms with van der Waals surface area (Å²) in [7, 11) is 0. The Morgan fingerprint density at radius 3 is 3.08 bits per heavy atom. The summed E-state index contributed by atoms with van der Waals surface area (Å²) in [4.78, 5) is 12.6. The van der Waals surface area contributed by atoms with Crippen molar-refractivity contribution in [1.29, 1.82) is 0 Å². The normalized spacial score (nSPS) is 17.4. The van der Waals surface area contributed by atoms with Crippen LogP contribution in [0.15, 0.2) is 36.9 Å². The highest BCUT2D eigenvalue weighted by Crippen LogP contribution is 2.23. The summed E-state index contributed by atoms with van der Waals surface area (Å²) in [6.07, 6.45) is 7.51. The molecule has 1 aliphatic heterocycles. The highest BCUT2D eigenvalue weighted by molar-refractivity contribution is 5.62. The van der Waals surface area contributed by atoms with Gasteiger partial charge in [0.25, 0.3) is 0 Å². The third-order valence-electron chi connectivity index (χ3n) is 4.39. The summed E-state index contributed by atoms with van der Waals surface area (Å²) in [6.45, 7) is 2.97. The van der Waals surface area contributed by atoms with Crippen molar-refractivity contribution in [2.24, 2.45) is 5.92 Å². The van der Waals surface area contributed by atoms with E-state index in [0.29, 0.717) is 5.82 Å². The molecule has 1 atom stereocenters. The van der Waals surface area contributed by atoms with Crippen molar-refractivity contribution in [3.8, 4) is 17.1 Å². The lowest BCUT2D eigenvalue weighted by Crippen LogP contribution is -2.11. The van der Waals surface area contributed by atoms with Gasteiger partial charge in [0.15, 0.2) is 0 Å². The average molecular weight is 324 g/mol. The van der Waals surface area contributed by atoms with Crippen molar-refractivity contribution in [2.45, 2.75) is 12.8 Å². The van der Waals surface area contributed by atoms with Crippen molar-refractivity contribution in [3.63, 3.8) is 0 Å². The lowest BCUT2D eigenvalue weighted by molar-refractivity contribution is 0.283. The standard InChI is InChI=1S/C17H20N6O/c18-16-8-14(21-11-22-16)15-10-20-17-7-13(2-5-23(15)17)24-6-3-12-1-4-19-9-12/h2,5,7-8,10-12,19H,1,3-4,6,9H2,(H2,18,21,22). The molecular weight excluding hydrogens is 304 g/mol. The Kier molecular flexibility index (Phi) is 4.00. The summed E-state index contributed by atoms with van der Waals surface area (Å²) in [5.41, 5.74) is 8.18. The van der Waals surface area contributed by atoms with Gasteiger partial charge in [-0.3, -0.25) is 4.40 Å². The van der Waals surface area contributed by atoms with Gasteiger partial charge in [0, 0.05) is 18.3 Å². The highest BCUT2D eigenvalue weighted by Gasteiger charge is 2.14. The second kappa shape index (κ2) is 6.45. The number of nitrogen functional groups attached to an aromatic ring is 1. The molecule has 4 rings (SSSR count). The van der Waals surface area contributed by atoms with Crippen LogP contribution in [0.25, 0.3) is 17.0 Å². The first-order valence-electron chi connectivity index (χ1n) is 8.18. The van der Waals surface area contributed by atoms with E-state index in [9.17, 15) is 0 Å². The van der Waals surface area contributed by atoms with Crippen molar-refractivity contribution in [3.05, 3.63) is 36.9 Å². The Bertz CT molecular complexity index is 840. The summed E-state index contributed by atoms with van der Waals surface area (Å²) in [6, 6.07) is 5.64. The van der Waals surface area contributed by atoms with E-state index in [0.717, 1.165) is 54.8 Å². The lowest BCUT2D eigenvalue weighted by Gasteiger charge is -2.10. The van der Waals surface area contributed by atoms with Crippen LogP contribution in [0, 0.1) is 5.92 Å². The molecule has 3 aromatic rings. The zero-order valence-electron chi connectivity index (χ0n) is 13.4. The molecule has 0 amide bonds. The molecule has 1 aliphatic rings. The molecular formula is C17H20N6O. The maximum atomic E-state index is 5.88. The second-order valence-corrected chi connectivity index (χ2v) is 6.06. The average Bonchev–Trinajstić information content (AvgIpc) is 3.24. The number of pyridine rings is 1. The number of fused-ring (bicyclic) bond motifs is 1. The first-order valence-corrected chi connectivity index (χ1v) is 8.18. The second-order valence-electron chi connectivity index (χ2n) is 6.06. The van der Waals surface area contributed by atoms with E-state index < -0.39 is 0 Å². The minimum atomic E-state index is 0.441. The van der Waals surface area contributed by atoms with E-state index >= 15 is 0 Å². The summed E-state index contributed by atoms with van der Waals surface area (Å²) in [5, 5.41) is 3.38. The first-order chi connectivity index (χ1) is 11.8. The van der Waals surface area contributed by atoms with E-state index in [1.807, 2.05) is 22.7 Å². The van der Waals surface area contributed by atoms with E-state index in [-0.39, 0.29) is 0 Å². The minimum Gasteiger partial charge on any atom is -0.493 e. The fraction of sp³-hybridized carbons (Fsp3) is 0.353. The van der Waals surface area contributed by atoms with Crippen molar-refractivity contribution < 1.29 is 4.74 Å². The van der Waals surface area contributed by atoms with Crippen molar-refractivity contribution in [2.75, 3.05) is 25.4 Å². The number of imidazole rings is 1. The lowest BCUT2D eigenvalue weighted by atomic mass is 10.1. The van der Waals surface area contributed by atoms with Crippen LogP contribution in [0.4, 0.5) is 5.82 Å². The minimum absolute atomic E-state index is 0.441. The maximum absolute atomic E-state index is 5.88. The Morgan fingerprint density at radius 1 is 1.29 bits per heavy atom. The van der Waals surface area contributed by atoms with Gasteiger partial charge in [-0.05, 0) is 37.9 Å². The van der Waals surface area contributed by atoms with Crippen molar-refractivity contribution >= 4 is 11.5 Å². The fourth-order valence-corrected chi connectivity index (χ4v) is 3.06. The molecule has 3 aromatic heterocycles. The number of nitrogens with two attached hydrogens (primary N) is 1. The maximum Gasteiger partial charge on any atom is 0.140 e. The number of nitrogens with one attached hydrogen (secondary N) is 1. The first kappa shape index (κ1) is 14.9. The summed E-state index contributed by atoms with van der Waals surface area (Å²) < 4.78 is 7.85. The van der Waals surface area contributed by atoms with Gasteiger partial charge in [-0.15, -0.1) is 0 Å². The molecule has 1 saturated heterocycles. The quantitative estimate of drug-likeness (QED) is 0.743. The molecule has 3 N–H and O–H groups in total.